The van der Waals surface area contributed by atoms with Gasteiger partial charge in [0, 0.05) is 6.54 Å². The highest BCUT2D eigenvalue weighted by molar-refractivity contribution is 7.89. The smallest absolute Gasteiger partial charge is 0.265 e. The zero-order chi connectivity index (χ0) is 22.0. The van der Waals surface area contributed by atoms with Crippen LogP contribution in [-0.2, 0) is 19.6 Å². The molecule has 1 saturated heterocycles. The highest BCUT2D eigenvalue weighted by Gasteiger charge is 2.31. The molecule has 3 heterocycles. The van der Waals surface area contributed by atoms with Crippen molar-refractivity contribution in [2.75, 3.05) is 19.4 Å². The lowest BCUT2D eigenvalue weighted by Gasteiger charge is -2.31. The van der Waals surface area contributed by atoms with E-state index in [2.05, 4.69) is 10.5 Å². The minimum atomic E-state index is -3.62. The molecule has 2 bridgehead atoms. The fourth-order valence-corrected chi connectivity index (χ4v) is 5.03. The number of carbonyl (C=O) groups excluding carboxylic acids is 1. The van der Waals surface area contributed by atoms with Crippen LogP contribution in [0.4, 0.5) is 0 Å². The first-order valence-electron chi connectivity index (χ1n) is 10.5. The number of hydrogen-bond donors (Lipinski definition) is 0. The quantitative estimate of drug-likeness (QED) is 0.660. The van der Waals surface area contributed by atoms with Gasteiger partial charge in [0.15, 0.2) is 6.61 Å². The Balaban J connectivity index is 1.72. The van der Waals surface area contributed by atoms with Crippen LogP contribution in [0.2, 0.25) is 0 Å². The lowest BCUT2D eigenvalue weighted by molar-refractivity contribution is -0.131. The number of sulfonamides is 1. The molecule has 0 atom stereocenters. The summed E-state index contributed by atoms with van der Waals surface area (Å²) in [6.45, 7) is 0.208. The Morgan fingerprint density at radius 2 is 2.00 bits per heavy atom. The Kier molecular flexibility index (Phi) is 6.01. The van der Waals surface area contributed by atoms with Gasteiger partial charge in [0.1, 0.15) is 17.7 Å². The van der Waals surface area contributed by atoms with Gasteiger partial charge in [-0.25, -0.2) is 8.42 Å². The molecule has 1 aliphatic carbocycles. The largest absolute Gasteiger partial charge is 0.496 e. The Labute approximate surface area is 182 Å². The number of piperidine rings is 1. The van der Waals surface area contributed by atoms with Crippen LogP contribution in [0.15, 0.2) is 34.6 Å². The third-order valence-electron chi connectivity index (χ3n) is 5.94. The lowest BCUT2D eigenvalue weighted by atomic mass is 9.82. The zero-order valence-electron chi connectivity index (χ0n) is 17.4. The first-order valence-corrected chi connectivity index (χ1v) is 12.3. The van der Waals surface area contributed by atoms with E-state index in [9.17, 15) is 18.5 Å². The summed E-state index contributed by atoms with van der Waals surface area (Å²) in [4.78, 5) is 14.5. The third-order valence-corrected chi connectivity index (χ3v) is 6.49. The van der Waals surface area contributed by atoms with E-state index in [1.54, 1.807) is 12.1 Å². The topological polar surface area (TPSA) is 109 Å². The van der Waals surface area contributed by atoms with Gasteiger partial charge in [0.05, 0.1) is 29.7 Å². The molecule has 0 N–H and O–H groups in total. The SMILES string of the molecule is CS(=O)(=O)/N=C1CCCN2C(=O)COc3cc(C#N)ccc3C3CCC(CC3)O\C=C\12. The van der Waals surface area contributed by atoms with Gasteiger partial charge in [-0.15, -0.1) is 0 Å². The molecule has 164 valence electrons. The van der Waals surface area contributed by atoms with Gasteiger partial charge < -0.3 is 14.4 Å². The molecule has 2 fully saturated rings. The predicted octanol–water partition coefficient (Wildman–Crippen LogP) is 2.86. The van der Waals surface area contributed by atoms with Gasteiger partial charge in [-0.2, -0.15) is 9.66 Å². The number of nitriles is 1. The van der Waals surface area contributed by atoms with Gasteiger partial charge >= 0.3 is 0 Å². The molecule has 1 amide bonds. The Hall–Kier alpha value is -2.86. The minimum absolute atomic E-state index is 0.00869. The molecular weight excluding hydrogens is 418 g/mol. The van der Waals surface area contributed by atoms with Gasteiger partial charge in [-0.05, 0) is 62.1 Å². The van der Waals surface area contributed by atoms with E-state index in [0.29, 0.717) is 42.1 Å². The van der Waals surface area contributed by atoms with E-state index < -0.39 is 10.0 Å². The van der Waals surface area contributed by atoms with E-state index in [1.165, 1.54) is 11.2 Å². The third kappa shape index (κ3) is 4.90. The summed E-state index contributed by atoms with van der Waals surface area (Å²) in [7, 11) is -3.62. The van der Waals surface area contributed by atoms with Crippen molar-refractivity contribution in [1.29, 1.82) is 5.26 Å². The number of fused-ring (bicyclic) bond motifs is 5. The maximum atomic E-state index is 13.0. The first-order chi connectivity index (χ1) is 14.8. The molecule has 1 aromatic rings. The fraction of sp³-hybridized carbons (Fsp3) is 0.500. The van der Waals surface area contributed by atoms with Crippen LogP contribution >= 0.6 is 0 Å². The summed E-state index contributed by atoms with van der Waals surface area (Å²) in [6, 6.07) is 7.51. The van der Waals surface area contributed by atoms with E-state index in [0.717, 1.165) is 37.5 Å². The molecule has 5 rings (SSSR count). The number of allylic oxidation sites excluding steroid dienone is 1. The van der Waals surface area contributed by atoms with Crippen LogP contribution in [0.25, 0.3) is 0 Å². The summed E-state index contributed by atoms with van der Waals surface area (Å²) < 4.78 is 39.4. The van der Waals surface area contributed by atoms with Crippen LogP contribution in [0.1, 0.15) is 55.6 Å². The summed E-state index contributed by atoms with van der Waals surface area (Å²) in [6.07, 6.45) is 7.05. The summed E-state index contributed by atoms with van der Waals surface area (Å²) in [5.41, 5.74) is 2.21. The summed E-state index contributed by atoms with van der Waals surface area (Å²) >= 11 is 0. The fourth-order valence-electron chi connectivity index (χ4n) is 4.45. The molecule has 8 nitrogen and oxygen atoms in total. The summed E-state index contributed by atoms with van der Waals surface area (Å²) in [5.74, 6) is 0.523. The van der Waals surface area contributed by atoms with Gasteiger partial charge in [-0.1, -0.05) is 6.07 Å². The lowest BCUT2D eigenvalue weighted by Crippen LogP contribution is -2.41. The van der Waals surface area contributed by atoms with Crippen LogP contribution < -0.4 is 4.74 Å². The second-order valence-corrected chi connectivity index (χ2v) is 9.83. The summed E-state index contributed by atoms with van der Waals surface area (Å²) in [5, 5.41) is 9.28. The Morgan fingerprint density at radius 1 is 1.23 bits per heavy atom. The van der Waals surface area contributed by atoms with Crippen molar-refractivity contribution in [1.82, 2.24) is 4.90 Å². The Bertz CT molecular complexity index is 1080. The van der Waals surface area contributed by atoms with Crippen LogP contribution in [0.5, 0.6) is 5.75 Å². The van der Waals surface area contributed by atoms with Gasteiger partial charge in [0.2, 0.25) is 0 Å². The molecule has 0 spiro atoms. The van der Waals surface area contributed by atoms with E-state index >= 15 is 0 Å². The van der Waals surface area contributed by atoms with Crippen molar-refractivity contribution in [2.45, 2.75) is 50.5 Å². The monoisotopic (exact) mass is 443 g/mol. The molecular formula is C22H25N3O5S. The maximum absolute atomic E-state index is 13.0. The number of benzene rings is 1. The first kappa shape index (κ1) is 21.4. The molecule has 0 aromatic heterocycles. The number of nitrogens with zero attached hydrogens (tertiary/aromatic N) is 3. The van der Waals surface area contributed by atoms with E-state index in [1.807, 2.05) is 6.07 Å². The molecule has 3 aliphatic heterocycles. The van der Waals surface area contributed by atoms with Crippen molar-refractivity contribution in [3.05, 3.63) is 41.3 Å². The normalized spacial score (nSPS) is 27.2. The van der Waals surface area contributed by atoms with Crippen molar-refractivity contribution < 1.29 is 22.7 Å². The Morgan fingerprint density at radius 3 is 2.71 bits per heavy atom. The standard InChI is InChI=1S/C22H25N3O5S/c1-31(27,28)24-19-3-2-10-25-20(19)13-29-17-7-5-16(6-8-17)18-9-4-15(12-23)11-21(18)30-14-22(25)26/h4,9,11,13,16-17H,2-3,5-8,10,14H2,1H3/b20-13-,24-19+. The molecule has 1 aromatic carbocycles. The van der Waals surface area contributed by atoms with E-state index in [4.69, 9.17) is 9.47 Å². The number of amides is 1. The van der Waals surface area contributed by atoms with E-state index in [-0.39, 0.29) is 24.5 Å². The van der Waals surface area contributed by atoms with Crippen LogP contribution in [0.3, 0.4) is 0 Å². The second kappa shape index (κ2) is 8.71. The van der Waals surface area contributed by atoms with Crippen LogP contribution in [0, 0.1) is 11.3 Å². The average Bonchev–Trinajstić information content (AvgIpc) is 2.76. The molecule has 0 unspecified atom stereocenters. The van der Waals surface area contributed by atoms with Gasteiger partial charge in [-0.3, -0.25) is 4.79 Å². The zero-order valence-corrected chi connectivity index (χ0v) is 18.2. The highest BCUT2D eigenvalue weighted by Crippen LogP contribution is 2.39. The maximum Gasteiger partial charge on any atom is 0.265 e. The average molecular weight is 444 g/mol. The molecule has 31 heavy (non-hydrogen) atoms. The van der Waals surface area contributed by atoms with Crippen LogP contribution in [-0.4, -0.2) is 50.4 Å². The molecule has 4 aliphatic rings. The predicted molar refractivity (Wildman–Crippen MR) is 114 cm³/mol. The number of carbonyl (C=O) groups is 1. The molecule has 1 saturated carbocycles. The molecule has 9 heteroatoms. The van der Waals surface area contributed by atoms with Crippen molar-refractivity contribution in [2.24, 2.45) is 4.40 Å². The van der Waals surface area contributed by atoms with Crippen molar-refractivity contribution in [3.8, 4) is 11.8 Å². The number of rotatable bonds is 1. The number of hydrogen-bond acceptors (Lipinski definition) is 6. The number of ether oxygens (including phenoxy) is 2. The van der Waals surface area contributed by atoms with Crippen molar-refractivity contribution >= 4 is 21.6 Å². The molecule has 0 radical (unpaired) electrons. The second-order valence-electron chi connectivity index (χ2n) is 8.19. The van der Waals surface area contributed by atoms with Crippen molar-refractivity contribution in [3.63, 3.8) is 0 Å². The van der Waals surface area contributed by atoms with Gasteiger partial charge in [0.25, 0.3) is 15.9 Å². The minimum Gasteiger partial charge on any atom is -0.496 e. The highest BCUT2D eigenvalue weighted by atomic mass is 32.2.